The number of halogens is 2. The first-order chi connectivity index (χ1) is 6.83. The molecule has 0 aliphatic rings. The molecule has 0 unspecified atom stereocenters. The van der Waals surface area contributed by atoms with Crippen LogP contribution in [0.15, 0.2) is 18.2 Å². The maximum Gasteiger partial charge on any atom is 0.309 e. The van der Waals surface area contributed by atoms with Gasteiger partial charge in [0.1, 0.15) is 17.9 Å². The molecular weight excluding hydrogens is 210 g/mol. The molecular formula is C9H8F2O4. The summed E-state index contributed by atoms with van der Waals surface area (Å²) in [6.07, 6.45) is -1.44. The molecule has 4 nitrogen and oxygen atoms in total. The lowest BCUT2D eigenvalue weighted by molar-refractivity contribution is -0.145. The van der Waals surface area contributed by atoms with Crippen molar-refractivity contribution in [3.05, 3.63) is 23.8 Å². The highest BCUT2D eigenvalue weighted by molar-refractivity contribution is 5.68. The average Bonchev–Trinajstić information content (AvgIpc) is 2.06. The number of phenols is 2. The summed E-state index contributed by atoms with van der Waals surface area (Å²) in [4.78, 5) is 10.2. The van der Waals surface area contributed by atoms with Crippen molar-refractivity contribution in [1.29, 1.82) is 0 Å². The van der Waals surface area contributed by atoms with Gasteiger partial charge in [0, 0.05) is 0 Å². The van der Waals surface area contributed by atoms with Crippen molar-refractivity contribution in [3.8, 4) is 11.5 Å². The fourth-order valence-electron chi connectivity index (χ4n) is 1.10. The van der Waals surface area contributed by atoms with Crippen LogP contribution in [0.5, 0.6) is 11.5 Å². The number of benzene rings is 1. The number of rotatable bonds is 3. The number of hydrogen-bond acceptors (Lipinski definition) is 3. The van der Waals surface area contributed by atoms with Gasteiger partial charge < -0.3 is 15.3 Å². The van der Waals surface area contributed by atoms with Crippen LogP contribution in [0.4, 0.5) is 8.78 Å². The first-order valence-electron chi connectivity index (χ1n) is 3.95. The number of carboxylic acid groups (broad SMARTS) is 1. The van der Waals surface area contributed by atoms with Crippen LogP contribution in [-0.2, 0) is 10.7 Å². The Bertz CT molecular complexity index is 390. The maximum absolute atomic E-state index is 13.2. The second-order valence-corrected chi connectivity index (χ2v) is 2.98. The van der Waals surface area contributed by atoms with E-state index in [4.69, 9.17) is 15.3 Å². The Balaban J connectivity index is 3.13. The number of aliphatic carboxylic acids is 1. The number of hydrogen-bond donors (Lipinski definition) is 3. The molecule has 0 heterocycles. The minimum atomic E-state index is -3.71. The quantitative estimate of drug-likeness (QED) is 0.674. The first kappa shape index (κ1) is 11.2. The van der Waals surface area contributed by atoms with Crippen LogP contribution < -0.4 is 0 Å². The molecule has 1 aromatic carbocycles. The molecule has 0 saturated carbocycles. The Hall–Kier alpha value is -1.85. The molecule has 0 aromatic heterocycles. The third kappa shape index (κ3) is 2.55. The topological polar surface area (TPSA) is 77.8 Å². The van der Waals surface area contributed by atoms with Gasteiger partial charge in [0.05, 0.1) is 5.56 Å². The Morgan fingerprint density at radius 2 is 1.93 bits per heavy atom. The predicted molar refractivity (Wildman–Crippen MR) is 45.9 cm³/mol. The fraction of sp³-hybridized carbons (Fsp3) is 0.222. The normalized spacial score (nSPS) is 11.3. The van der Waals surface area contributed by atoms with Gasteiger partial charge in [-0.1, -0.05) is 0 Å². The van der Waals surface area contributed by atoms with Crippen molar-refractivity contribution in [2.45, 2.75) is 12.3 Å². The molecule has 82 valence electrons. The van der Waals surface area contributed by atoms with Gasteiger partial charge in [0.25, 0.3) is 5.92 Å². The minimum Gasteiger partial charge on any atom is -0.508 e. The van der Waals surface area contributed by atoms with E-state index >= 15 is 0 Å². The van der Waals surface area contributed by atoms with Gasteiger partial charge in [-0.3, -0.25) is 4.79 Å². The highest BCUT2D eigenvalue weighted by atomic mass is 19.3. The lowest BCUT2D eigenvalue weighted by Crippen LogP contribution is -2.18. The van der Waals surface area contributed by atoms with Gasteiger partial charge in [-0.2, -0.15) is 0 Å². The van der Waals surface area contributed by atoms with E-state index in [9.17, 15) is 13.6 Å². The second kappa shape index (κ2) is 3.72. The number of aromatic hydroxyl groups is 2. The van der Waals surface area contributed by atoms with Crippen LogP contribution in [-0.4, -0.2) is 21.3 Å². The molecule has 0 saturated heterocycles. The molecule has 0 atom stereocenters. The molecule has 0 amide bonds. The predicted octanol–water partition coefficient (Wildman–Crippen LogP) is 1.66. The number of carboxylic acids is 1. The van der Waals surface area contributed by atoms with Crippen molar-refractivity contribution >= 4 is 5.97 Å². The van der Waals surface area contributed by atoms with Crippen molar-refractivity contribution in [3.63, 3.8) is 0 Å². The van der Waals surface area contributed by atoms with E-state index in [1.54, 1.807) is 0 Å². The van der Waals surface area contributed by atoms with Crippen molar-refractivity contribution in [2.24, 2.45) is 0 Å². The summed E-state index contributed by atoms with van der Waals surface area (Å²) in [5.74, 6) is -6.62. The van der Waals surface area contributed by atoms with E-state index in [2.05, 4.69) is 0 Å². The van der Waals surface area contributed by atoms with Gasteiger partial charge in [-0.15, -0.1) is 0 Å². The van der Waals surface area contributed by atoms with Crippen LogP contribution in [0, 0.1) is 0 Å². The zero-order valence-electron chi connectivity index (χ0n) is 7.44. The molecule has 1 aromatic rings. The summed E-state index contributed by atoms with van der Waals surface area (Å²) in [6, 6.07) is 2.54. The molecule has 0 bridgehead atoms. The van der Waals surface area contributed by atoms with Crippen LogP contribution in [0.25, 0.3) is 0 Å². The van der Waals surface area contributed by atoms with E-state index in [0.29, 0.717) is 6.07 Å². The SMILES string of the molecule is O=C(O)CC(F)(F)c1cc(O)ccc1O. The third-order valence-electron chi connectivity index (χ3n) is 1.75. The molecule has 6 heteroatoms. The first-order valence-corrected chi connectivity index (χ1v) is 3.95. The molecule has 0 spiro atoms. The van der Waals surface area contributed by atoms with Crippen molar-refractivity contribution in [1.82, 2.24) is 0 Å². The molecule has 0 fully saturated rings. The highest BCUT2D eigenvalue weighted by Crippen LogP contribution is 2.38. The Morgan fingerprint density at radius 1 is 1.33 bits per heavy atom. The zero-order chi connectivity index (χ0) is 11.6. The maximum atomic E-state index is 13.2. The lowest BCUT2D eigenvalue weighted by atomic mass is 10.0. The fourth-order valence-corrected chi connectivity index (χ4v) is 1.10. The van der Waals surface area contributed by atoms with E-state index in [1.807, 2.05) is 0 Å². The Labute approximate surface area is 83.4 Å². The summed E-state index contributed by atoms with van der Waals surface area (Å²) in [5.41, 5.74) is -0.898. The summed E-state index contributed by atoms with van der Waals surface area (Å²) in [7, 11) is 0. The molecule has 3 N–H and O–H groups in total. The van der Waals surface area contributed by atoms with Gasteiger partial charge in [-0.25, -0.2) is 8.78 Å². The van der Waals surface area contributed by atoms with E-state index in [-0.39, 0.29) is 0 Å². The third-order valence-corrected chi connectivity index (χ3v) is 1.75. The molecule has 1 rings (SSSR count). The summed E-state index contributed by atoms with van der Waals surface area (Å²) < 4.78 is 26.4. The molecule has 0 radical (unpaired) electrons. The average molecular weight is 218 g/mol. The second-order valence-electron chi connectivity index (χ2n) is 2.98. The van der Waals surface area contributed by atoms with Crippen molar-refractivity contribution in [2.75, 3.05) is 0 Å². The summed E-state index contributed by atoms with van der Waals surface area (Å²) in [5, 5.41) is 26.3. The minimum absolute atomic E-state index is 0.465. The van der Waals surface area contributed by atoms with Gasteiger partial charge in [0.2, 0.25) is 0 Å². The highest BCUT2D eigenvalue weighted by Gasteiger charge is 2.37. The van der Waals surface area contributed by atoms with Gasteiger partial charge in [0.15, 0.2) is 0 Å². The van der Waals surface area contributed by atoms with Crippen LogP contribution >= 0.6 is 0 Å². The smallest absolute Gasteiger partial charge is 0.309 e. The van der Waals surface area contributed by atoms with Gasteiger partial charge >= 0.3 is 5.97 Å². The van der Waals surface area contributed by atoms with Crippen LogP contribution in [0.2, 0.25) is 0 Å². The Morgan fingerprint density at radius 3 is 2.47 bits per heavy atom. The van der Waals surface area contributed by atoms with Crippen molar-refractivity contribution < 1.29 is 28.9 Å². The van der Waals surface area contributed by atoms with Crippen LogP contribution in [0.1, 0.15) is 12.0 Å². The van der Waals surface area contributed by atoms with Gasteiger partial charge in [-0.05, 0) is 18.2 Å². The number of alkyl halides is 2. The molecule has 15 heavy (non-hydrogen) atoms. The lowest BCUT2D eigenvalue weighted by Gasteiger charge is -2.15. The van der Waals surface area contributed by atoms with Crippen LogP contribution in [0.3, 0.4) is 0 Å². The summed E-state index contributed by atoms with van der Waals surface area (Å²) in [6.45, 7) is 0. The molecule has 0 aliphatic carbocycles. The van der Waals surface area contributed by atoms with E-state index < -0.39 is 35.4 Å². The standard InChI is InChI=1S/C9H8F2O4/c10-9(11,4-8(14)15)6-3-5(12)1-2-7(6)13/h1-3,12-13H,4H2,(H,14,15). The Kier molecular flexibility index (Phi) is 2.78. The molecule has 0 aliphatic heterocycles. The monoisotopic (exact) mass is 218 g/mol. The summed E-state index contributed by atoms with van der Waals surface area (Å²) >= 11 is 0. The number of carbonyl (C=O) groups is 1. The zero-order valence-corrected chi connectivity index (χ0v) is 7.44. The largest absolute Gasteiger partial charge is 0.508 e. The number of phenolic OH excluding ortho intramolecular Hbond substituents is 2. The van der Waals surface area contributed by atoms with E-state index in [1.165, 1.54) is 0 Å². The van der Waals surface area contributed by atoms with E-state index in [0.717, 1.165) is 12.1 Å².